The van der Waals surface area contributed by atoms with Crippen LogP contribution in [-0.4, -0.2) is 47.6 Å². The maximum atomic E-state index is 12.6. The van der Waals surface area contributed by atoms with Gasteiger partial charge in [0, 0.05) is 22.9 Å². The number of aliphatic hydroxyl groups is 1. The fourth-order valence-electron chi connectivity index (χ4n) is 3.10. The van der Waals surface area contributed by atoms with Crippen LogP contribution in [0, 0.1) is 6.92 Å². The molecule has 164 valence electrons. The number of thioether (sulfide) groups is 1. The normalized spacial score (nSPS) is 12.6. The van der Waals surface area contributed by atoms with Crippen LogP contribution in [0.3, 0.4) is 0 Å². The van der Waals surface area contributed by atoms with Crippen molar-refractivity contribution < 1.29 is 5.11 Å². The van der Waals surface area contributed by atoms with E-state index in [9.17, 15) is 9.90 Å². The fraction of sp³-hybridized carbons (Fsp3) is 0.227. The Morgan fingerprint density at radius 2 is 1.97 bits per heavy atom. The molecule has 8 nitrogen and oxygen atoms in total. The topological polar surface area (TPSA) is 98.2 Å². The van der Waals surface area contributed by atoms with Gasteiger partial charge in [-0.25, -0.2) is 4.98 Å². The molecule has 2 heterocycles. The number of hydrogen-bond donors (Lipinski definition) is 1. The minimum Gasteiger partial charge on any atom is -0.390 e. The average molecular weight is 513 g/mol. The van der Waals surface area contributed by atoms with Crippen molar-refractivity contribution in [3.8, 4) is 0 Å². The van der Waals surface area contributed by atoms with E-state index in [4.69, 9.17) is 0 Å². The van der Waals surface area contributed by atoms with Crippen LogP contribution in [0.2, 0.25) is 0 Å². The number of para-hydroxylation sites is 1. The first-order valence-corrected chi connectivity index (χ1v) is 11.7. The number of hydrogen-bond acceptors (Lipinski definition) is 7. The Morgan fingerprint density at radius 3 is 2.78 bits per heavy atom. The molecule has 0 aliphatic carbocycles. The van der Waals surface area contributed by atoms with Gasteiger partial charge in [-0.15, -0.1) is 10.2 Å². The van der Waals surface area contributed by atoms with E-state index in [0.29, 0.717) is 34.1 Å². The maximum Gasteiger partial charge on any atom is 0.261 e. The number of aliphatic hydroxyl groups excluding tert-OH is 1. The summed E-state index contributed by atoms with van der Waals surface area (Å²) in [5, 5.41) is 24.3. The summed E-state index contributed by atoms with van der Waals surface area (Å²) in [4.78, 5) is 16.9. The van der Waals surface area contributed by atoms with Crippen molar-refractivity contribution in [2.45, 2.75) is 31.1 Å². The van der Waals surface area contributed by atoms with Gasteiger partial charge in [0.25, 0.3) is 5.56 Å². The Balaban J connectivity index is 1.39. The molecule has 0 aliphatic rings. The van der Waals surface area contributed by atoms with E-state index in [-0.39, 0.29) is 12.1 Å². The van der Waals surface area contributed by atoms with Crippen molar-refractivity contribution >= 4 is 44.8 Å². The van der Waals surface area contributed by atoms with E-state index in [1.165, 1.54) is 22.7 Å². The SMILES string of the molecule is Cc1nnc(SCC(O)Cn2cnc3ccccc3c2=O)n1N=CCc1ccc(Br)cc1. The van der Waals surface area contributed by atoms with Crippen LogP contribution in [0.15, 0.2) is 74.4 Å². The monoisotopic (exact) mass is 512 g/mol. The zero-order chi connectivity index (χ0) is 22.5. The van der Waals surface area contributed by atoms with Crippen molar-refractivity contribution in [2.75, 3.05) is 5.75 Å². The van der Waals surface area contributed by atoms with Gasteiger partial charge in [0.05, 0.1) is 29.9 Å². The lowest BCUT2D eigenvalue weighted by Crippen LogP contribution is -2.28. The first-order chi connectivity index (χ1) is 15.5. The van der Waals surface area contributed by atoms with Gasteiger partial charge in [-0.2, -0.15) is 9.78 Å². The maximum absolute atomic E-state index is 12.6. The van der Waals surface area contributed by atoms with Crippen LogP contribution in [0.5, 0.6) is 0 Å². The number of nitrogens with zero attached hydrogens (tertiary/aromatic N) is 6. The van der Waals surface area contributed by atoms with Crippen molar-refractivity contribution in [2.24, 2.45) is 5.10 Å². The van der Waals surface area contributed by atoms with Crippen LogP contribution in [-0.2, 0) is 13.0 Å². The number of fused-ring (bicyclic) bond motifs is 1. The van der Waals surface area contributed by atoms with Gasteiger partial charge in [0.1, 0.15) is 0 Å². The highest BCUT2D eigenvalue weighted by Crippen LogP contribution is 2.18. The summed E-state index contributed by atoms with van der Waals surface area (Å²) < 4.78 is 4.12. The zero-order valence-corrected chi connectivity index (χ0v) is 19.7. The van der Waals surface area contributed by atoms with E-state index in [2.05, 4.69) is 36.2 Å². The molecule has 0 bridgehead atoms. The van der Waals surface area contributed by atoms with Gasteiger partial charge in [-0.1, -0.05) is 52.0 Å². The largest absolute Gasteiger partial charge is 0.390 e. The van der Waals surface area contributed by atoms with E-state index in [0.717, 1.165) is 10.0 Å². The predicted octanol–water partition coefficient (Wildman–Crippen LogP) is 3.29. The highest BCUT2D eigenvalue weighted by molar-refractivity contribution is 9.10. The van der Waals surface area contributed by atoms with Gasteiger partial charge < -0.3 is 5.11 Å². The molecule has 4 rings (SSSR count). The Hall–Kier alpha value is -2.82. The summed E-state index contributed by atoms with van der Waals surface area (Å²) in [6.45, 7) is 1.97. The molecule has 2 aromatic heterocycles. The molecule has 0 amide bonds. The molecule has 0 fully saturated rings. The summed E-state index contributed by atoms with van der Waals surface area (Å²) in [5.41, 5.74) is 1.61. The van der Waals surface area contributed by atoms with Crippen molar-refractivity contribution in [3.05, 3.63) is 81.1 Å². The summed E-state index contributed by atoms with van der Waals surface area (Å²) in [6, 6.07) is 15.2. The van der Waals surface area contributed by atoms with Crippen LogP contribution in [0.4, 0.5) is 0 Å². The Labute approximate surface area is 197 Å². The molecule has 0 radical (unpaired) electrons. The number of aryl methyl sites for hydroxylation is 1. The van der Waals surface area contributed by atoms with Gasteiger partial charge in [0.2, 0.25) is 5.16 Å². The third-order valence-corrected chi connectivity index (χ3v) is 6.34. The second-order valence-corrected chi connectivity index (χ2v) is 9.06. The van der Waals surface area contributed by atoms with Crippen LogP contribution in [0.1, 0.15) is 11.4 Å². The molecule has 10 heteroatoms. The lowest BCUT2D eigenvalue weighted by molar-refractivity contribution is 0.176. The minimum absolute atomic E-state index is 0.142. The summed E-state index contributed by atoms with van der Waals surface area (Å²) in [7, 11) is 0. The zero-order valence-electron chi connectivity index (χ0n) is 17.3. The number of halogens is 1. The summed E-state index contributed by atoms with van der Waals surface area (Å²) in [5.74, 6) is 0.989. The number of benzene rings is 2. The fourth-order valence-corrected chi connectivity index (χ4v) is 4.21. The highest BCUT2D eigenvalue weighted by Gasteiger charge is 2.14. The molecule has 4 aromatic rings. The number of aromatic nitrogens is 5. The van der Waals surface area contributed by atoms with Gasteiger partial charge in [0.15, 0.2) is 5.82 Å². The molecular formula is C22H21BrN6O2S. The first kappa shape index (κ1) is 22.4. The van der Waals surface area contributed by atoms with Crippen molar-refractivity contribution in [1.29, 1.82) is 0 Å². The second kappa shape index (κ2) is 10.2. The average Bonchev–Trinajstić information content (AvgIpc) is 3.15. The number of rotatable bonds is 8. The Kier molecular flexibility index (Phi) is 7.13. The third-order valence-electron chi connectivity index (χ3n) is 4.75. The smallest absolute Gasteiger partial charge is 0.261 e. The van der Waals surface area contributed by atoms with Crippen LogP contribution >= 0.6 is 27.7 Å². The Bertz CT molecular complexity index is 1300. The van der Waals surface area contributed by atoms with Gasteiger partial charge >= 0.3 is 0 Å². The van der Waals surface area contributed by atoms with Gasteiger partial charge in [-0.05, 0) is 36.8 Å². The molecule has 2 aromatic carbocycles. The van der Waals surface area contributed by atoms with E-state index in [1.807, 2.05) is 37.3 Å². The van der Waals surface area contributed by atoms with Crippen molar-refractivity contribution in [3.63, 3.8) is 0 Å². The third kappa shape index (κ3) is 5.32. The summed E-state index contributed by atoms with van der Waals surface area (Å²) >= 11 is 4.77. The molecule has 0 spiro atoms. The molecule has 0 saturated carbocycles. The lowest BCUT2D eigenvalue weighted by Gasteiger charge is -2.12. The predicted molar refractivity (Wildman–Crippen MR) is 129 cm³/mol. The Morgan fingerprint density at radius 1 is 1.19 bits per heavy atom. The molecule has 1 atom stereocenters. The lowest BCUT2D eigenvalue weighted by atomic mass is 10.2. The van der Waals surface area contributed by atoms with E-state index < -0.39 is 6.10 Å². The molecule has 1 N–H and O–H groups in total. The minimum atomic E-state index is -0.766. The van der Waals surface area contributed by atoms with Crippen LogP contribution < -0.4 is 5.56 Å². The van der Waals surface area contributed by atoms with E-state index >= 15 is 0 Å². The van der Waals surface area contributed by atoms with Crippen molar-refractivity contribution in [1.82, 2.24) is 24.4 Å². The molecule has 0 aliphatic heterocycles. The van der Waals surface area contributed by atoms with Crippen LogP contribution in [0.25, 0.3) is 10.9 Å². The first-order valence-electron chi connectivity index (χ1n) is 9.95. The summed E-state index contributed by atoms with van der Waals surface area (Å²) in [6.07, 6.45) is 3.19. The highest BCUT2D eigenvalue weighted by atomic mass is 79.9. The molecule has 32 heavy (non-hydrogen) atoms. The molecular weight excluding hydrogens is 492 g/mol. The van der Waals surface area contributed by atoms with E-state index in [1.54, 1.807) is 29.1 Å². The standard InChI is InChI=1S/C22H21BrN6O2S/c1-15-26-27-22(29(15)25-11-10-16-6-8-17(23)9-7-16)32-13-18(30)12-28-14-24-20-5-3-2-4-19(20)21(28)31/h2-9,11,14,18,30H,10,12-13H2,1H3. The molecule has 1 unspecified atom stereocenters. The second-order valence-electron chi connectivity index (χ2n) is 7.15. The quantitative estimate of drug-likeness (QED) is 0.287. The molecule has 0 saturated heterocycles. The van der Waals surface area contributed by atoms with Gasteiger partial charge in [-0.3, -0.25) is 9.36 Å².